The lowest BCUT2D eigenvalue weighted by Crippen LogP contribution is -2.36. The molecule has 0 bridgehead atoms. The smallest absolute Gasteiger partial charge is 0.0670 e. The Bertz CT molecular complexity index is 397. The summed E-state index contributed by atoms with van der Waals surface area (Å²) in [4.78, 5) is 2.57. The molecule has 2 nitrogen and oxygen atoms in total. The Kier molecular flexibility index (Phi) is 14.1. The van der Waals surface area contributed by atoms with Gasteiger partial charge in [0.2, 0.25) is 0 Å². The Morgan fingerprint density at radius 3 is 2.35 bits per heavy atom. The van der Waals surface area contributed by atoms with Crippen LogP contribution >= 0.6 is 0 Å². The average Bonchev–Trinajstić information content (AvgIpc) is 2.59. The van der Waals surface area contributed by atoms with Gasteiger partial charge in [0.05, 0.1) is 6.10 Å². The van der Waals surface area contributed by atoms with Gasteiger partial charge in [-0.3, -0.25) is 0 Å². The summed E-state index contributed by atoms with van der Waals surface area (Å²) in [6.07, 6.45) is 14.7. The van der Waals surface area contributed by atoms with Gasteiger partial charge in [0.15, 0.2) is 0 Å². The van der Waals surface area contributed by atoms with E-state index >= 15 is 0 Å². The molecule has 26 heavy (non-hydrogen) atoms. The first-order valence-electron chi connectivity index (χ1n) is 10.9. The molecule has 0 fully saturated rings. The molecule has 0 radical (unpaired) electrons. The summed E-state index contributed by atoms with van der Waals surface area (Å²) in [5, 5.41) is 0. The van der Waals surface area contributed by atoms with Crippen LogP contribution in [0.15, 0.2) is 23.8 Å². The second-order valence-corrected chi connectivity index (χ2v) is 8.76. The van der Waals surface area contributed by atoms with Gasteiger partial charge < -0.3 is 9.64 Å². The van der Waals surface area contributed by atoms with Gasteiger partial charge in [-0.1, -0.05) is 71.8 Å². The number of methoxy groups -OCH3 is 1. The highest BCUT2D eigenvalue weighted by Gasteiger charge is 2.15. The molecule has 0 aromatic carbocycles. The minimum Gasteiger partial charge on any atom is -0.380 e. The zero-order valence-corrected chi connectivity index (χ0v) is 19.1. The predicted octanol–water partition coefficient (Wildman–Crippen LogP) is 6.87. The van der Waals surface area contributed by atoms with Crippen LogP contribution in [0.1, 0.15) is 87.0 Å². The molecule has 0 saturated heterocycles. The van der Waals surface area contributed by atoms with Crippen molar-refractivity contribution in [3.8, 4) is 0 Å². The highest BCUT2D eigenvalue weighted by molar-refractivity contribution is 5.19. The lowest BCUT2D eigenvalue weighted by atomic mass is 9.84. The molecule has 0 amide bonds. The van der Waals surface area contributed by atoms with Gasteiger partial charge in [-0.2, -0.15) is 0 Å². The Morgan fingerprint density at radius 1 is 1.12 bits per heavy atom. The summed E-state index contributed by atoms with van der Waals surface area (Å²) in [5.41, 5.74) is 1.97. The Labute approximate surface area is 165 Å². The maximum Gasteiger partial charge on any atom is 0.0670 e. The quantitative estimate of drug-likeness (QED) is 0.294. The van der Waals surface area contributed by atoms with Crippen LogP contribution in [0.3, 0.4) is 0 Å². The van der Waals surface area contributed by atoms with Crippen LogP contribution in [0.5, 0.6) is 0 Å². The predicted molar refractivity (Wildman–Crippen MR) is 118 cm³/mol. The van der Waals surface area contributed by atoms with Crippen LogP contribution in [-0.4, -0.2) is 37.7 Å². The third-order valence-corrected chi connectivity index (χ3v) is 5.36. The van der Waals surface area contributed by atoms with Crippen molar-refractivity contribution in [3.05, 3.63) is 23.8 Å². The van der Waals surface area contributed by atoms with Crippen molar-refractivity contribution in [2.75, 3.05) is 26.7 Å². The monoisotopic (exact) mass is 365 g/mol. The van der Waals surface area contributed by atoms with Crippen molar-refractivity contribution >= 4 is 0 Å². The summed E-state index contributed by atoms with van der Waals surface area (Å²) >= 11 is 0. The molecule has 0 aromatic heterocycles. The van der Waals surface area contributed by atoms with Gasteiger partial charge in [-0.15, -0.1) is 0 Å². The zero-order valence-electron chi connectivity index (χ0n) is 19.1. The van der Waals surface area contributed by atoms with Crippen LogP contribution < -0.4 is 0 Å². The fourth-order valence-electron chi connectivity index (χ4n) is 3.23. The maximum absolute atomic E-state index is 5.47. The Hall–Kier alpha value is -0.600. The van der Waals surface area contributed by atoms with E-state index in [9.17, 15) is 0 Å². The zero-order chi connectivity index (χ0) is 20.0. The molecule has 1 unspecified atom stereocenters. The van der Waals surface area contributed by atoms with Gasteiger partial charge in [-0.05, 0) is 56.9 Å². The van der Waals surface area contributed by atoms with E-state index in [2.05, 4.69) is 71.6 Å². The molecule has 0 N–H and O–H groups in total. The van der Waals surface area contributed by atoms with Crippen molar-refractivity contribution in [2.45, 2.75) is 93.1 Å². The van der Waals surface area contributed by atoms with E-state index in [0.717, 1.165) is 26.1 Å². The number of hydrogen-bond donors (Lipinski definition) is 0. The molecule has 154 valence electrons. The second-order valence-electron chi connectivity index (χ2n) is 8.76. The highest BCUT2D eigenvalue weighted by Crippen LogP contribution is 2.27. The summed E-state index contributed by atoms with van der Waals surface area (Å²) in [7, 11) is 1.81. The first-order valence-corrected chi connectivity index (χ1v) is 10.9. The second kappa shape index (κ2) is 14.5. The van der Waals surface area contributed by atoms with E-state index in [1.807, 2.05) is 7.11 Å². The number of hydrogen-bond acceptors (Lipinski definition) is 2. The van der Waals surface area contributed by atoms with Crippen molar-refractivity contribution < 1.29 is 4.74 Å². The van der Waals surface area contributed by atoms with E-state index < -0.39 is 0 Å². The molecule has 2 atom stereocenters. The fourth-order valence-corrected chi connectivity index (χ4v) is 3.23. The average molecular weight is 366 g/mol. The van der Waals surface area contributed by atoms with Crippen LogP contribution in [-0.2, 0) is 4.74 Å². The molecular formula is C24H47NO. The standard InChI is InChI=1S/C24H47NO/c1-9-12-14-23(15-13-16-24(6,7)11-3)18-21(4)19-25(17-10-2)20-22(5)26-8/h12,14-15,21-22H,9-11,13,16-20H2,1-8H3/b14-12-,23-15+/t21?,22-/m0/s1. The summed E-state index contributed by atoms with van der Waals surface area (Å²) in [5.74, 6) is 0.664. The number of rotatable bonds is 15. The van der Waals surface area contributed by atoms with E-state index in [1.54, 1.807) is 0 Å². The van der Waals surface area contributed by atoms with Crippen LogP contribution in [0.25, 0.3) is 0 Å². The third kappa shape index (κ3) is 12.7. The first-order chi connectivity index (χ1) is 12.3. The van der Waals surface area contributed by atoms with Crippen molar-refractivity contribution in [2.24, 2.45) is 11.3 Å². The molecule has 0 saturated carbocycles. The van der Waals surface area contributed by atoms with Gasteiger partial charge in [0.25, 0.3) is 0 Å². The molecule has 0 aromatic rings. The molecule has 0 aliphatic heterocycles. The minimum absolute atomic E-state index is 0.306. The summed E-state index contributed by atoms with van der Waals surface area (Å²) < 4.78 is 5.47. The first kappa shape index (κ1) is 25.4. The molecule has 2 heteroatoms. The van der Waals surface area contributed by atoms with Crippen molar-refractivity contribution in [1.82, 2.24) is 4.90 Å². The molecule has 0 aliphatic carbocycles. The SMILES string of the molecule is CC/C=C\C(=C/CCC(C)(C)CC)CC(C)CN(CCC)C[C@H](C)OC. The fraction of sp³-hybridized carbons (Fsp3) is 0.833. The van der Waals surface area contributed by atoms with Gasteiger partial charge in [0, 0.05) is 20.2 Å². The minimum atomic E-state index is 0.306. The van der Waals surface area contributed by atoms with Crippen molar-refractivity contribution in [1.29, 1.82) is 0 Å². The Morgan fingerprint density at radius 2 is 1.81 bits per heavy atom. The maximum atomic E-state index is 5.47. The third-order valence-electron chi connectivity index (χ3n) is 5.36. The van der Waals surface area contributed by atoms with E-state index in [-0.39, 0.29) is 0 Å². The molecule has 0 heterocycles. The van der Waals surface area contributed by atoms with E-state index in [1.165, 1.54) is 37.7 Å². The van der Waals surface area contributed by atoms with Crippen molar-refractivity contribution in [3.63, 3.8) is 0 Å². The molecule has 0 aliphatic rings. The lowest BCUT2D eigenvalue weighted by Gasteiger charge is -2.28. The largest absolute Gasteiger partial charge is 0.380 e. The number of nitrogens with zero attached hydrogens (tertiary/aromatic N) is 1. The molecule has 0 rings (SSSR count). The van der Waals surface area contributed by atoms with E-state index in [4.69, 9.17) is 4.74 Å². The van der Waals surface area contributed by atoms with Gasteiger partial charge in [-0.25, -0.2) is 0 Å². The number of allylic oxidation sites excluding steroid dienone is 4. The molecule has 0 spiro atoms. The Balaban J connectivity index is 4.77. The van der Waals surface area contributed by atoms with Gasteiger partial charge in [0.1, 0.15) is 0 Å². The highest BCUT2D eigenvalue weighted by atomic mass is 16.5. The van der Waals surface area contributed by atoms with E-state index in [0.29, 0.717) is 17.4 Å². The lowest BCUT2D eigenvalue weighted by molar-refractivity contribution is 0.0718. The normalized spacial score (nSPS) is 15.8. The van der Waals surface area contributed by atoms with Crippen LogP contribution in [0.4, 0.5) is 0 Å². The summed E-state index contributed by atoms with van der Waals surface area (Å²) in [6, 6.07) is 0. The molecular weight excluding hydrogens is 318 g/mol. The number of ether oxygens (including phenoxy) is 1. The van der Waals surface area contributed by atoms with Gasteiger partial charge >= 0.3 is 0 Å². The summed E-state index contributed by atoms with van der Waals surface area (Å²) in [6.45, 7) is 19.4. The van der Waals surface area contributed by atoms with Crippen LogP contribution in [0, 0.1) is 11.3 Å². The van der Waals surface area contributed by atoms with Crippen LogP contribution in [0.2, 0.25) is 0 Å². The topological polar surface area (TPSA) is 12.5 Å².